The highest BCUT2D eigenvalue weighted by molar-refractivity contribution is 7.92. The molecule has 124 valence electrons. The van der Waals surface area contributed by atoms with Crippen molar-refractivity contribution in [3.05, 3.63) is 41.7 Å². The van der Waals surface area contributed by atoms with Crippen LogP contribution >= 0.6 is 0 Å². The van der Waals surface area contributed by atoms with E-state index >= 15 is 0 Å². The van der Waals surface area contributed by atoms with Crippen molar-refractivity contribution in [2.75, 3.05) is 15.8 Å². The first-order valence-electron chi connectivity index (χ1n) is 6.62. The van der Waals surface area contributed by atoms with Gasteiger partial charge in [-0.05, 0) is 18.6 Å². The molecule has 0 bridgehead atoms. The Morgan fingerprint density at radius 1 is 1.26 bits per heavy atom. The summed E-state index contributed by atoms with van der Waals surface area (Å²) in [5, 5.41) is 8.18. The van der Waals surface area contributed by atoms with E-state index in [4.69, 9.17) is 0 Å². The van der Waals surface area contributed by atoms with Crippen molar-refractivity contribution in [3.63, 3.8) is 0 Å². The van der Waals surface area contributed by atoms with Gasteiger partial charge in [0.1, 0.15) is 17.3 Å². The molecular formula is C13H14F2N4O3S. The average molecular weight is 344 g/mol. The molecule has 0 spiro atoms. The van der Waals surface area contributed by atoms with Gasteiger partial charge >= 0.3 is 0 Å². The Balaban J connectivity index is 2.27. The van der Waals surface area contributed by atoms with E-state index in [1.54, 1.807) is 6.92 Å². The van der Waals surface area contributed by atoms with E-state index in [-0.39, 0.29) is 17.1 Å². The zero-order chi connectivity index (χ0) is 17.0. The van der Waals surface area contributed by atoms with Gasteiger partial charge in [0, 0.05) is 12.3 Å². The van der Waals surface area contributed by atoms with Gasteiger partial charge < -0.3 is 5.32 Å². The quantitative estimate of drug-likeness (QED) is 0.746. The number of H-pyrrole nitrogens is 1. The smallest absolute Gasteiger partial charge is 0.273 e. The van der Waals surface area contributed by atoms with Crippen LogP contribution in [-0.2, 0) is 10.0 Å². The van der Waals surface area contributed by atoms with Crippen LogP contribution in [0.4, 0.5) is 20.2 Å². The molecule has 0 aliphatic heterocycles. The van der Waals surface area contributed by atoms with Crippen LogP contribution in [0.5, 0.6) is 0 Å². The SMILES string of the molecule is CCCS(=O)(=O)Nc1cc(NC(=O)c2ccn[nH]2)c(F)cc1F. The van der Waals surface area contributed by atoms with Crippen LogP contribution in [0.2, 0.25) is 0 Å². The summed E-state index contributed by atoms with van der Waals surface area (Å²) in [4.78, 5) is 11.8. The molecule has 3 N–H and O–H groups in total. The molecule has 10 heteroatoms. The molecule has 0 atom stereocenters. The third kappa shape index (κ3) is 4.25. The van der Waals surface area contributed by atoms with E-state index in [0.29, 0.717) is 12.5 Å². The summed E-state index contributed by atoms with van der Waals surface area (Å²) in [5.74, 6) is -3.02. The number of sulfonamides is 1. The third-order valence-electron chi connectivity index (χ3n) is 2.79. The Labute approximate surface area is 131 Å². The first kappa shape index (κ1) is 16.9. The van der Waals surface area contributed by atoms with Crippen molar-refractivity contribution >= 4 is 27.3 Å². The molecule has 7 nitrogen and oxygen atoms in total. The molecule has 0 aliphatic carbocycles. The summed E-state index contributed by atoms with van der Waals surface area (Å²) in [7, 11) is -3.75. The maximum absolute atomic E-state index is 13.8. The summed E-state index contributed by atoms with van der Waals surface area (Å²) in [6.07, 6.45) is 1.67. The standard InChI is InChI=1S/C13H14F2N4O3S/c1-2-5-23(21,22)19-12-7-11(8(14)6-9(12)15)17-13(20)10-3-4-16-18-10/h3-4,6-7,19H,2,5H2,1H3,(H,16,18)(H,17,20). The minimum Gasteiger partial charge on any atom is -0.318 e. The normalized spacial score (nSPS) is 11.3. The van der Waals surface area contributed by atoms with Crippen LogP contribution in [0.3, 0.4) is 0 Å². The van der Waals surface area contributed by atoms with Crippen LogP contribution < -0.4 is 10.0 Å². The molecule has 2 rings (SSSR count). The third-order valence-corrected chi connectivity index (χ3v) is 4.27. The lowest BCUT2D eigenvalue weighted by Gasteiger charge is -2.11. The monoisotopic (exact) mass is 344 g/mol. The number of nitrogens with one attached hydrogen (secondary N) is 3. The number of nitrogens with zero attached hydrogens (tertiary/aromatic N) is 1. The highest BCUT2D eigenvalue weighted by atomic mass is 32.2. The maximum atomic E-state index is 13.8. The summed E-state index contributed by atoms with van der Waals surface area (Å²) in [5.41, 5.74) is -0.734. The number of aromatic nitrogens is 2. The first-order chi connectivity index (χ1) is 10.8. The van der Waals surface area contributed by atoms with Crippen molar-refractivity contribution < 1.29 is 22.0 Å². The number of carbonyl (C=O) groups excluding carboxylic acids is 1. The predicted molar refractivity (Wildman–Crippen MR) is 80.6 cm³/mol. The number of halogens is 2. The Kier molecular flexibility index (Phi) is 4.94. The Morgan fingerprint density at radius 3 is 2.57 bits per heavy atom. The second kappa shape index (κ2) is 6.73. The van der Waals surface area contributed by atoms with Crippen LogP contribution in [0.15, 0.2) is 24.4 Å². The fraction of sp³-hybridized carbons (Fsp3) is 0.231. The van der Waals surface area contributed by atoms with E-state index in [1.165, 1.54) is 12.3 Å². The zero-order valence-electron chi connectivity index (χ0n) is 12.1. The summed E-state index contributed by atoms with van der Waals surface area (Å²) in [6, 6.07) is 2.74. The van der Waals surface area contributed by atoms with Gasteiger partial charge in [0.2, 0.25) is 10.0 Å². The minimum absolute atomic E-state index is 0.0711. The lowest BCUT2D eigenvalue weighted by atomic mass is 10.2. The van der Waals surface area contributed by atoms with E-state index in [0.717, 1.165) is 6.07 Å². The van der Waals surface area contributed by atoms with E-state index in [2.05, 4.69) is 15.5 Å². The van der Waals surface area contributed by atoms with Crippen molar-refractivity contribution in [3.8, 4) is 0 Å². The Bertz CT molecular complexity index is 807. The van der Waals surface area contributed by atoms with Crippen molar-refractivity contribution in [1.29, 1.82) is 0 Å². The number of anilines is 2. The number of hydrogen-bond donors (Lipinski definition) is 3. The van der Waals surface area contributed by atoms with Crippen molar-refractivity contribution in [2.45, 2.75) is 13.3 Å². The van der Waals surface area contributed by atoms with Gasteiger partial charge in [-0.25, -0.2) is 17.2 Å². The van der Waals surface area contributed by atoms with E-state index in [9.17, 15) is 22.0 Å². The van der Waals surface area contributed by atoms with Crippen LogP contribution in [0.1, 0.15) is 23.8 Å². The molecular weight excluding hydrogens is 330 g/mol. The Hall–Kier alpha value is -2.49. The van der Waals surface area contributed by atoms with Crippen molar-refractivity contribution in [2.24, 2.45) is 0 Å². The topological polar surface area (TPSA) is 104 Å². The molecule has 1 aromatic carbocycles. The average Bonchev–Trinajstić information content (AvgIpc) is 2.97. The molecule has 1 heterocycles. The van der Waals surface area contributed by atoms with Gasteiger partial charge in [-0.15, -0.1) is 0 Å². The first-order valence-corrected chi connectivity index (χ1v) is 8.28. The lowest BCUT2D eigenvalue weighted by molar-refractivity contribution is 0.102. The van der Waals surface area contributed by atoms with E-state index < -0.39 is 33.3 Å². The largest absolute Gasteiger partial charge is 0.318 e. The molecule has 23 heavy (non-hydrogen) atoms. The number of amides is 1. The number of rotatable bonds is 6. The fourth-order valence-corrected chi connectivity index (χ4v) is 2.91. The van der Waals surface area contributed by atoms with Gasteiger partial charge in [0.25, 0.3) is 5.91 Å². The van der Waals surface area contributed by atoms with Crippen LogP contribution in [-0.4, -0.2) is 30.3 Å². The number of aromatic amines is 1. The Morgan fingerprint density at radius 2 is 1.96 bits per heavy atom. The van der Waals surface area contributed by atoms with Gasteiger partial charge in [0.05, 0.1) is 17.1 Å². The number of hydrogen-bond acceptors (Lipinski definition) is 4. The molecule has 1 amide bonds. The predicted octanol–water partition coefficient (Wildman–Crippen LogP) is 2.09. The summed E-state index contributed by atoms with van der Waals surface area (Å²) < 4.78 is 52.9. The zero-order valence-corrected chi connectivity index (χ0v) is 12.9. The molecule has 0 saturated carbocycles. The fourth-order valence-electron chi connectivity index (χ4n) is 1.78. The van der Waals surface area contributed by atoms with Crippen LogP contribution in [0, 0.1) is 11.6 Å². The molecule has 0 fully saturated rings. The summed E-state index contributed by atoms with van der Waals surface area (Å²) >= 11 is 0. The second-order valence-electron chi connectivity index (χ2n) is 4.66. The molecule has 2 aromatic rings. The number of benzene rings is 1. The molecule has 0 saturated heterocycles. The molecule has 1 aromatic heterocycles. The molecule has 0 unspecified atom stereocenters. The van der Waals surface area contributed by atoms with Gasteiger partial charge in [-0.3, -0.25) is 14.6 Å². The van der Waals surface area contributed by atoms with Gasteiger partial charge in [-0.2, -0.15) is 5.10 Å². The van der Waals surface area contributed by atoms with Gasteiger partial charge in [-0.1, -0.05) is 6.92 Å². The minimum atomic E-state index is -3.75. The number of carbonyl (C=O) groups is 1. The molecule has 0 aliphatic rings. The van der Waals surface area contributed by atoms with Crippen molar-refractivity contribution in [1.82, 2.24) is 10.2 Å². The summed E-state index contributed by atoms with van der Waals surface area (Å²) in [6.45, 7) is 1.65. The maximum Gasteiger partial charge on any atom is 0.273 e. The molecule has 0 radical (unpaired) electrons. The second-order valence-corrected chi connectivity index (χ2v) is 6.50. The van der Waals surface area contributed by atoms with Crippen LogP contribution in [0.25, 0.3) is 0 Å². The lowest BCUT2D eigenvalue weighted by Crippen LogP contribution is -2.18. The highest BCUT2D eigenvalue weighted by Crippen LogP contribution is 2.25. The highest BCUT2D eigenvalue weighted by Gasteiger charge is 2.17. The van der Waals surface area contributed by atoms with Gasteiger partial charge in [0.15, 0.2) is 0 Å². The van der Waals surface area contributed by atoms with E-state index in [1.807, 2.05) is 4.72 Å².